The van der Waals surface area contributed by atoms with Gasteiger partial charge in [0.1, 0.15) is 0 Å². The molecule has 2 heterocycles. The van der Waals surface area contributed by atoms with Gasteiger partial charge in [-0.05, 0) is 49.9 Å². The Hall–Kier alpha value is -1.19. The number of guanidine groups is 1. The minimum atomic E-state index is 0. The minimum Gasteiger partial charge on any atom is -0.356 e. The van der Waals surface area contributed by atoms with E-state index in [9.17, 15) is 0 Å². The number of likely N-dealkylation sites (tertiary alicyclic amines) is 1. The van der Waals surface area contributed by atoms with Crippen molar-refractivity contribution in [2.24, 2.45) is 10.9 Å². The largest absolute Gasteiger partial charge is 0.356 e. The molecule has 1 saturated heterocycles. The first kappa shape index (κ1) is 24.1. The predicted molar refractivity (Wildman–Crippen MR) is 134 cm³/mol. The van der Waals surface area contributed by atoms with E-state index in [4.69, 9.17) is 0 Å². The standard InChI is InChI=1S/C22H33N5S.HI/c1-17-9-12-27(13-10-17)15-20-7-5-4-6-19(20)14-25-22(23-3)24-11-8-21-16-28-18(2)26-21;/h4-7,16-17H,8-15H2,1-3H3,(H2,23,24,25);1H. The number of benzene rings is 1. The van der Waals surface area contributed by atoms with Gasteiger partial charge < -0.3 is 10.6 Å². The highest BCUT2D eigenvalue weighted by Gasteiger charge is 2.16. The van der Waals surface area contributed by atoms with Gasteiger partial charge in [0.15, 0.2) is 5.96 Å². The third-order valence-corrected chi connectivity index (χ3v) is 6.22. The zero-order chi connectivity index (χ0) is 19.8. The van der Waals surface area contributed by atoms with Crippen molar-refractivity contribution >= 4 is 41.3 Å². The van der Waals surface area contributed by atoms with Gasteiger partial charge in [0, 0.05) is 38.5 Å². The Balaban J connectivity index is 0.00000300. The molecule has 3 rings (SSSR count). The number of nitrogens with zero attached hydrogens (tertiary/aromatic N) is 3. The molecule has 0 amide bonds. The van der Waals surface area contributed by atoms with Crippen molar-refractivity contribution in [1.82, 2.24) is 20.5 Å². The summed E-state index contributed by atoms with van der Waals surface area (Å²) in [4.78, 5) is 11.5. The van der Waals surface area contributed by atoms with E-state index in [1.165, 1.54) is 37.1 Å². The lowest BCUT2D eigenvalue weighted by atomic mass is 9.98. The van der Waals surface area contributed by atoms with E-state index >= 15 is 0 Å². The van der Waals surface area contributed by atoms with E-state index in [0.29, 0.717) is 0 Å². The number of rotatable bonds is 7. The van der Waals surface area contributed by atoms with E-state index in [1.54, 1.807) is 11.3 Å². The molecule has 1 fully saturated rings. The molecule has 0 atom stereocenters. The third kappa shape index (κ3) is 7.86. The molecule has 0 unspecified atom stereocenters. The average Bonchev–Trinajstić information content (AvgIpc) is 3.12. The molecule has 2 N–H and O–H groups in total. The summed E-state index contributed by atoms with van der Waals surface area (Å²) >= 11 is 1.70. The second-order valence-electron chi connectivity index (χ2n) is 7.69. The first-order valence-corrected chi connectivity index (χ1v) is 11.2. The zero-order valence-corrected chi connectivity index (χ0v) is 20.9. The minimum absolute atomic E-state index is 0. The Morgan fingerprint density at radius 3 is 2.59 bits per heavy atom. The van der Waals surface area contributed by atoms with Crippen LogP contribution in [0.4, 0.5) is 0 Å². The van der Waals surface area contributed by atoms with Gasteiger partial charge in [-0.1, -0.05) is 31.2 Å². The van der Waals surface area contributed by atoms with Crippen LogP contribution in [0.5, 0.6) is 0 Å². The van der Waals surface area contributed by atoms with E-state index in [1.807, 2.05) is 14.0 Å². The molecule has 0 saturated carbocycles. The fourth-order valence-corrected chi connectivity index (χ4v) is 4.22. The van der Waals surface area contributed by atoms with Crippen LogP contribution in [0.25, 0.3) is 0 Å². The third-order valence-electron chi connectivity index (χ3n) is 5.40. The van der Waals surface area contributed by atoms with Crippen LogP contribution in [-0.4, -0.2) is 42.5 Å². The van der Waals surface area contributed by atoms with Crippen LogP contribution < -0.4 is 10.6 Å². The molecule has 0 bridgehead atoms. The lowest BCUT2D eigenvalue weighted by molar-refractivity contribution is 0.185. The summed E-state index contributed by atoms with van der Waals surface area (Å²) in [5, 5.41) is 10.1. The number of piperidine rings is 1. The number of aromatic nitrogens is 1. The maximum absolute atomic E-state index is 4.51. The molecular weight excluding hydrogens is 493 g/mol. The first-order chi connectivity index (χ1) is 13.6. The summed E-state index contributed by atoms with van der Waals surface area (Å²) in [7, 11) is 1.82. The Morgan fingerprint density at radius 1 is 1.21 bits per heavy atom. The van der Waals surface area contributed by atoms with Crippen molar-refractivity contribution < 1.29 is 0 Å². The van der Waals surface area contributed by atoms with E-state index < -0.39 is 0 Å². The number of hydrogen-bond acceptors (Lipinski definition) is 4. The van der Waals surface area contributed by atoms with Crippen LogP contribution in [0, 0.1) is 12.8 Å². The number of thiazole rings is 1. The fraction of sp³-hybridized carbons (Fsp3) is 0.545. The van der Waals surface area contributed by atoms with Crippen LogP contribution >= 0.6 is 35.3 Å². The second-order valence-corrected chi connectivity index (χ2v) is 8.75. The molecule has 160 valence electrons. The summed E-state index contributed by atoms with van der Waals surface area (Å²) in [6.45, 7) is 9.49. The SMILES string of the molecule is CN=C(NCCc1csc(C)n1)NCc1ccccc1CN1CCC(C)CC1.I. The summed E-state index contributed by atoms with van der Waals surface area (Å²) in [6, 6.07) is 8.75. The average molecular weight is 528 g/mol. The number of hydrogen-bond donors (Lipinski definition) is 2. The molecular formula is C22H34IN5S. The highest BCUT2D eigenvalue weighted by molar-refractivity contribution is 14.0. The summed E-state index contributed by atoms with van der Waals surface area (Å²) in [5.41, 5.74) is 3.91. The second kappa shape index (κ2) is 12.5. The number of halogens is 1. The number of aryl methyl sites for hydroxylation is 1. The van der Waals surface area contributed by atoms with Gasteiger partial charge in [-0.2, -0.15) is 0 Å². The van der Waals surface area contributed by atoms with E-state index in [-0.39, 0.29) is 24.0 Å². The summed E-state index contributed by atoms with van der Waals surface area (Å²) in [6.07, 6.45) is 3.54. The normalized spacial score (nSPS) is 15.8. The van der Waals surface area contributed by atoms with Crippen molar-refractivity contribution in [3.8, 4) is 0 Å². The van der Waals surface area contributed by atoms with Crippen molar-refractivity contribution in [1.29, 1.82) is 0 Å². The van der Waals surface area contributed by atoms with Crippen LogP contribution in [0.2, 0.25) is 0 Å². The Bertz CT molecular complexity index is 768. The van der Waals surface area contributed by atoms with Gasteiger partial charge in [0.25, 0.3) is 0 Å². The lowest BCUT2D eigenvalue weighted by Gasteiger charge is -2.30. The van der Waals surface area contributed by atoms with Gasteiger partial charge in [-0.25, -0.2) is 4.98 Å². The molecule has 1 aliphatic heterocycles. The van der Waals surface area contributed by atoms with Crippen molar-refractivity contribution in [3.63, 3.8) is 0 Å². The smallest absolute Gasteiger partial charge is 0.191 e. The number of nitrogens with one attached hydrogen (secondary N) is 2. The summed E-state index contributed by atoms with van der Waals surface area (Å²) in [5.74, 6) is 1.71. The Morgan fingerprint density at radius 2 is 1.93 bits per heavy atom. The molecule has 0 aliphatic carbocycles. The maximum atomic E-state index is 4.51. The van der Waals surface area contributed by atoms with Crippen LogP contribution in [-0.2, 0) is 19.5 Å². The molecule has 0 spiro atoms. The molecule has 1 aromatic heterocycles. The predicted octanol–water partition coefficient (Wildman–Crippen LogP) is 4.21. The van der Waals surface area contributed by atoms with Gasteiger partial charge in [-0.3, -0.25) is 9.89 Å². The first-order valence-electron chi connectivity index (χ1n) is 10.3. The van der Waals surface area contributed by atoms with Crippen molar-refractivity contribution in [2.45, 2.75) is 46.2 Å². The molecule has 7 heteroatoms. The molecule has 1 aromatic carbocycles. The quantitative estimate of drug-likeness (QED) is 0.322. The van der Waals surface area contributed by atoms with Crippen LogP contribution in [0.3, 0.4) is 0 Å². The van der Waals surface area contributed by atoms with E-state index in [2.05, 4.69) is 62.1 Å². The number of aliphatic imine (C=N–C) groups is 1. The zero-order valence-electron chi connectivity index (χ0n) is 17.8. The van der Waals surface area contributed by atoms with Crippen LogP contribution in [0.15, 0.2) is 34.6 Å². The Labute approximate surface area is 196 Å². The highest BCUT2D eigenvalue weighted by Crippen LogP contribution is 2.19. The fourth-order valence-electron chi connectivity index (χ4n) is 3.58. The highest BCUT2D eigenvalue weighted by atomic mass is 127. The van der Waals surface area contributed by atoms with E-state index in [0.717, 1.165) is 48.6 Å². The van der Waals surface area contributed by atoms with Crippen molar-refractivity contribution in [2.75, 3.05) is 26.7 Å². The molecule has 5 nitrogen and oxygen atoms in total. The molecule has 29 heavy (non-hydrogen) atoms. The monoisotopic (exact) mass is 527 g/mol. The topological polar surface area (TPSA) is 52.6 Å². The lowest BCUT2D eigenvalue weighted by Crippen LogP contribution is -2.38. The maximum Gasteiger partial charge on any atom is 0.191 e. The van der Waals surface area contributed by atoms with Gasteiger partial charge in [0.2, 0.25) is 0 Å². The Kier molecular flexibility index (Phi) is 10.4. The van der Waals surface area contributed by atoms with Crippen molar-refractivity contribution in [3.05, 3.63) is 51.5 Å². The molecule has 0 radical (unpaired) electrons. The molecule has 1 aliphatic rings. The van der Waals surface area contributed by atoms with Crippen LogP contribution in [0.1, 0.15) is 41.6 Å². The van der Waals surface area contributed by atoms with Gasteiger partial charge in [-0.15, -0.1) is 35.3 Å². The molecule has 2 aromatic rings. The van der Waals surface area contributed by atoms with Gasteiger partial charge in [0.05, 0.1) is 10.7 Å². The van der Waals surface area contributed by atoms with Gasteiger partial charge >= 0.3 is 0 Å². The summed E-state index contributed by atoms with van der Waals surface area (Å²) < 4.78 is 0.